The molecular formula is C15H21NO2S. The van der Waals surface area contributed by atoms with E-state index in [0.29, 0.717) is 0 Å². The van der Waals surface area contributed by atoms with Crippen molar-refractivity contribution in [3.8, 4) is 0 Å². The highest BCUT2D eigenvalue weighted by Crippen LogP contribution is 2.20. The molecule has 3 nitrogen and oxygen atoms in total. The molecular weight excluding hydrogens is 258 g/mol. The van der Waals surface area contributed by atoms with E-state index < -0.39 is 0 Å². The van der Waals surface area contributed by atoms with E-state index in [9.17, 15) is 4.79 Å². The molecule has 0 saturated carbocycles. The Morgan fingerprint density at radius 3 is 2.74 bits per heavy atom. The summed E-state index contributed by atoms with van der Waals surface area (Å²) in [4.78, 5) is 14.9. The molecule has 0 spiro atoms. The second kappa shape index (κ2) is 7.08. The molecule has 0 radical (unpaired) electrons. The third-order valence-electron chi connectivity index (χ3n) is 3.65. The predicted molar refractivity (Wildman–Crippen MR) is 78.9 cm³/mol. The molecule has 0 aliphatic carbocycles. The Hall–Kier alpha value is -0.840. The number of aryl methyl sites for hydroxylation is 1. The first-order valence-electron chi connectivity index (χ1n) is 6.65. The van der Waals surface area contributed by atoms with Gasteiger partial charge >= 0.3 is 0 Å². The van der Waals surface area contributed by atoms with E-state index in [-0.39, 0.29) is 6.04 Å². The Kier molecular flexibility index (Phi) is 5.43. The van der Waals surface area contributed by atoms with Gasteiger partial charge in [0.15, 0.2) is 0 Å². The average Bonchev–Trinajstić information content (AvgIpc) is 2.47. The van der Waals surface area contributed by atoms with Gasteiger partial charge in [-0.25, -0.2) is 0 Å². The molecule has 1 heterocycles. The summed E-state index contributed by atoms with van der Waals surface area (Å²) in [6.07, 6.45) is 3.95. The van der Waals surface area contributed by atoms with Gasteiger partial charge in [-0.05, 0) is 42.9 Å². The van der Waals surface area contributed by atoms with Crippen LogP contribution in [0, 0.1) is 6.92 Å². The lowest BCUT2D eigenvalue weighted by atomic mass is 10.0. The average molecular weight is 279 g/mol. The van der Waals surface area contributed by atoms with Crippen molar-refractivity contribution in [2.75, 3.05) is 32.6 Å². The minimum atomic E-state index is -0.0253. The number of hydrogen-bond acceptors (Lipinski definition) is 4. The number of morpholine rings is 1. The minimum Gasteiger partial charge on any atom is -0.379 e. The van der Waals surface area contributed by atoms with Crippen LogP contribution >= 0.6 is 11.8 Å². The minimum absolute atomic E-state index is 0.0253. The molecule has 0 N–H and O–H groups in total. The molecule has 19 heavy (non-hydrogen) atoms. The fraction of sp³-hybridized carbons (Fsp3) is 0.533. The summed E-state index contributed by atoms with van der Waals surface area (Å²) < 4.78 is 5.34. The highest BCUT2D eigenvalue weighted by atomic mass is 32.2. The molecule has 1 aromatic rings. The van der Waals surface area contributed by atoms with Gasteiger partial charge in [-0.3, -0.25) is 4.90 Å². The predicted octanol–water partition coefficient (Wildman–Crippen LogP) is 2.16. The third-order valence-corrected chi connectivity index (χ3v) is 4.38. The molecule has 2 rings (SSSR count). The van der Waals surface area contributed by atoms with Gasteiger partial charge in [0, 0.05) is 18.0 Å². The van der Waals surface area contributed by atoms with E-state index in [2.05, 4.69) is 36.3 Å². The van der Waals surface area contributed by atoms with Crippen molar-refractivity contribution in [2.45, 2.75) is 24.3 Å². The fourth-order valence-corrected chi connectivity index (χ4v) is 2.92. The van der Waals surface area contributed by atoms with Crippen molar-refractivity contribution < 1.29 is 9.53 Å². The number of ether oxygens (including phenoxy) is 1. The van der Waals surface area contributed by atoms with Gasteiger partial charge in [0.25, 0.3) is 0 Å². The summed E-state index contributed by atoms with van der Waals surface area (Å²) in [5.41, 5.74) is 2.54. The monoisotopic (exact) mass is 279 g/mol. The fourth-order valence-electron chi connectivity index (χ4n) is 2.42. The molecule has 0 amide bonds. The van der Waals surface area contributed by atoms with Gasteiger partial charge in [0.1, 0.15) is 6.29 Å². The zero-order chi connectivity index (χ0) is 13.7. The lowest BCUT2D eigenvalue weighted by molar-refractivity contribution is -0.114. The van der Waals surface area contributed by atoms with Crippen LogP contribution in [0.15, 0.2) is 23.1 Å². The Bertz CT molecular complexity index is 430. The maximum atomic E-state index is 11.4. The SMILES string of the molecule is CSc1ccc(CC(C=O)N2CCOCC2)c(C)c1. The largest absolute Gasteiger partial charge is 0.379 e. The summed E-state index contributed by atoms with van der Waals surface area (Å²) in [6.45, 7) is 5.29. The second-order valence-electron chi connectivity index (χ2n) is 4.85. The van der Waals surface area contributed by atoms with Crippen LogP contribution in [-0.4, -0.2) is 49.8 Å². The number of carbonyl (C=O) groups excluding carboxylic acids is 1. The zero-order valence-corrected chi connectivity index (χ0v) is 12.4. The number of rotatable bonds is 5. The molecule has 1 saturated heterocycles. The smallest absolute Gasteiger partial charge is 0.137 e. The molecule has 1 unspecified atom stereocenters. The van der Waals surface area contributed by atoms with Crippen LogP contribution in [0.1, 0.15) is 11.1 Å². The zero-order valence-electron chi connectivity index (χ0n) is 11.6. The Morgan fingerprint density at radius 2 is 2.16 bits per heavy atom. The second-order valence-corrected chi connectivity index (χ2v) is 5.73. The molecule has 1 aliphatic rings. The number of thioether (sulfide) groups is 1. The van der Waals surface area contributed by atoms with E-state index in [1.807, 2.05) is 0 Å². The van der Waals surface area contributed by atoms with Crippen LogP contribution in [0.5, 0.6) is 0 Å². The highest BCUT2D eigenvalue weighted by molar-refractivity contribution is 7.98. The molecule has 0 bridgehead atoms. The van der Waals surface area contributed by atoms with Crippen LogP contribution in [0.2, 0.25) is 0 Å². The number of benzene rings is 1. The standard InChI is InChI=1S/C15H21NO2S/c1-12-9-15(19-2)4-3-13(12)10-14(11-17)16-5-7-18-8-6-16/h3-4,9,11,14H,5-8,10H2,1-2H3. The Labute approximate surface area is 119 Å². The van der Waals surface area contributed by atoms with Crippen LogP contribution in [0.25, 0.3) is 0 Å². The van der Waals surface area contributed by atoms with Gasteiger partial charge in [0.05, 0.1) is 19.3 Å². The van der Waals surface area contributed by atoms with Crippen LogP contribution in [0.4, 0.5) is 0 Å². The highest BCUT2D eigenvalue weighted by Gasteiger charge is 2.21. The van der Waals surface area contributed by atoms with E-state index in [1.165, 1.54) is 16.0 Å². The van der Waals surface area contributed by atoms with E-state index in [0.717, 1.165) is 39.0 Å². The van der Waals surface area contributed by atoms with Crippen LogP contribution in [-0.2, 0) is 16.0 Å². The first kappa shape index (κ1) is 14.6. The number of carbonyl (C=O) groups is 1. The van der Waals surface area contributed by atoms with E-state index >= 15 is 0 Å². The van der Waals surface area contributed by atoms with Gasteiger partial charge in [0.2, 0.25) is 0 Å². The lowest BCUT2D eigenvalue weighted by Gasteiger charge is -2.31. The van der Waals surface area contributed by atoms with Gasteiger partial charge in [-0.15, -0.1) is 11.8 Å². The van der Waals surface area contributed by atoms with Crippen molar-refractivity contribution in [1.29, 1.82) is 0 Å². The molecule has 4 heteroatoms. The summed E-state index contributed by atoms with van der Waals surface area (Å²) in [7, 11) is 0. The molecule has 1 aromatic carbocycles. The maximum Gasteiger partial charge on any atom is 0.137 e. The molecule has 1 atom stereocenters. The summed E-state index contributed by atoms with van der Waals surface area (Å²) >= 11 is 1.75. The maximum absolute atomic E-state index is 11.4. The van der Waals surface area contributed by atoms with Crippen molar-refractivity contribution in [1.82, 2.24) is 4.90 Å². The molecule has 0 aromatic heterocycles. The first-order chi connectivity index (χ1) is 9.24. The van der Waals surface area contributed by atoms with Crippen LogP contribution < -0.4 is 0 Å². The lowest BCUT2D eigenvalue weighted by Crippen LogP contribution is -2.45. The van der Waals surface area contributed by atoms with Gasteiger partial charge < -0.3 is 9.53 Å². The molecule has 1 aliphatic heterocycles. The van der Waals surface area contributed by atoms with Gasteiger partial charge in [-0.1, -0.05) is 6.07 Å². The quantitative estimate of drug-likeness (QED) is 0.610. The topological polar surface area (TPSA) is 29.5 Å². The Balaban J connectivity index is 2.07. The Morgan fingerprint density at radius 1 is 1.42 bits per heavy atom. The van der Waals surface area contributed by atoms with E-state index in [4.69, 9.17) is 4.74 Å². The number of nitrogens with zero attached hydrogens (tertiary/aromatic N) is 1. The van der Waals surface area contributed by atoms with Crippen molar-refractivity contribution in [2.24, 2.45) is 0 Å². The van der Waals surface area contributed by atoms with E-state index in [1.54, 1.807) is 11.8 Å². The number of hydrogen-bond donors (Lipinski definition) is 0. The first-order valence-corrected chi connectivity index (χ1v) is 7.87. The van der Waals surface area contributed by atoms with Crippen molar-refractivity contribution >= 4 is 18.0 Å². The van der Waals surface area contributed by atoms with Gasteiger partial charge in [-0.2, -0.15) is 0 Å². The van der Waals surface area contributed by atoms with Crippen molar-refractivity contribution in [3.63, 3.8) is 0 Å². The van der Waals surface area contributed by atoms with Crippen LogP contribution in [0.3, 0.4) is 0 Å². The normalized spacial score (nSPS) is 18.2. The molecule has 104 valence electrons. The summed E-state index contributed by atoms with van der Waals surface area (Å²) in [5, 5.41) is 0. The summed E-state index contributed by atoms with van der Waals surface area (Å²) in [6, 6.07) is 6.45. The summed E-state index contributed by atoms with van der Waals surface area (Å²) in [5.74, 6) is 0. The number of aldehydes is 1. The van der Waals surface area contributed by atoms with Crippen molar-refractivity contribution in [3.05, 3.63) is 29.3 Å². The molecule has 1 fully saturated rings. The third kappa shape index (κ3) is 3.81.